The number of rotatable bonds is 6. The summed E-state index contributed by atoms with van der Waals surface area (Å²) in [4.78, 5) is 41.0. The van der Waals surface area contributed by atoms with Gasteiger partial charge in [0.1, 0.15) is 6.42 Å². The number of para-hydroxylation sites is 1. The van der Waals surface area contributed by atoms with Crippen LogP contribution in [-0.2, 0) is 9.59 Å². The van der Waals surface area contributed by atoms with Crippen LogP contribution in [0.2, 0.25) is 4.34 Å². The molecule has 0 radical (unpaired) electrons. The number of benzene rings is 2. The van der Waals surface area contributed by atoms with Crippen LogP contribution in [0, 0.1) is 6.92 Å². The molecule has 11 heteroatoms. The smallest absolute Gasteiger partial charge is 0.337 e. The first-order valence-corrected chi connectivity index (χ1v) is 12.7. The molecule has 2 aromatic carbocycles. The minimum absolute atomic E-state index is 0.0362. The molecule has 7 nitrogen and oxygen atoms in total. The molecule has 0 saturated carbocycles. The molecule has 1 aliphatic heterocycles. The summed E-state index contributed by atoms with van der Waals surface area (Å²) < 4.78 is 29.9. The van der Waals surface area contributed by atoms with Crippen LogP contribution in [0.4, 0.5) is 8.78 Å². The Kier molecular flexibility index (Phi) is 6.62. The van der Waals surface area contributed by atoms with E-state index in [1.165, 1.54) is 11.3 Å². The van der Waals surface area contributed by atoms with Crippen LogP contribution in [0.3, 0.4) is 0 Å². The van der Waals surface area contributed by atoms with Crippen LogP contribution >= 0.6 is 22.9 Å². The number of thiophene rings is 1. The predicted octanol–water partition coefficient (Wildman–Crippen LogP) is 6.01. The van der Waals surface area contributed by atoms with Crippen molar-refractivity contribution >= 4 is 51.4 Å². The summed E-state index contributed by atoms with van der Waals surface area (Å²) in [5.74, 6) is -7.77. The quantitative estimate of drug-likeness (QED) is 0.304. The number of halogens is 3. The molecular weight excluding hydrogens is 536 g/mol. The zero-order valence-electron chi connectivity index (χ0n) is 19.9. The Hall–Kier alpha value is -3.89. The van der Waals surface area contributed by atoms with E-state index in [1.807, 2.05) is 13.0 Å². The molecule has 5 rings (SSSR count). The lowest BCUT2D eigenvalue weighted by atomic mass is 9.93. The van der Waals surface area contributed by atoms with E-state index in [9.17, 15) is 23.2 Å². The van der Waals surface area contributed by atoms with Crippen LogP contribution in [-0.4, -0.2) is 38.6 Å². The monoisotopic (exact) mass is 555 g/mol. The average Bonchev–Trinajstić information content (AvgIpc) is 3.49. The Morgan fingerprint density at radius 3 is 2.50 bits per heavy atom. The molecule has 2 N–H and O–H groups in total. The minimum atomic E-state index is -4.20. The highest BCUT2D eigenvalue weighted by Crippen LogP contribution is 2.41. The van der Waals surface area contributed by atoms with Gasteiger partial charge in [-0.25, -0.2) is 5.01 Å². The summed E-state index contributed by atoms with van der Waals surface area (Å²) in [6.07, 6.45) is -1.71. The SMILES string of the molecule is Cc1ccc(C2CC(c3c(-c4ccc(Cl)s4)c4ccccc4[nH]c3=O)=NN2C(=O)C(F)(F)CC(=O)O)cc1. The van der Waals surface area contributed by atoms with Gasteiger partial charge in [0.05, 0.1) is 21.7 Å². The number of aromatic nitrogens is 1. The van der Waals surface area contributed by atoms with Gasteiger partial charge in [-0.2, -0.15) is 13.9 Å². The van der Waals surface area contributed by atoms with Gasteiger partial charge >= 0.3 is 17.8 Å². The van der Waals surface area contributed by atoms with Crippen molar-refractivity contribution in [2.75, 3.05) is 0 Å². The first-order valence-electron chi connectivity index (χ1n) is 11.5. The average molecular weight is 556 g/mol. The lowest BCUT2D eigenvalue weighted by molar-refractivity contribution is -0.167. The fourth-order valence-corrected chi connectivity index (χ4v) is 5.66. The number of aryl methyl sites for hydroxylation is 1. The first-order chi connectivity index (χ1) is 18.0. The number of carbonyl (C=O) groups is 2. The highest BCUT2D eigenvalue weighted by atomic mass is 35.5. The molecule has 0 aliphatic carbocycles. The first kappa shape index (κ1) is 25.7. The van der Waals surface area contributed by atoms with Crippen molar-refractivity contribution in [1.82, 2.24) is 9.99 Å². The number of nitrogens with zero attached hydrogens (tertiary/aromatic N) is 2. The summed E-state index contributed by atoms with van der Waals surface area (Å²) in [5.41, 5.74) is 2.29. The number of pyridine rings is 1. The number of hydrogen-bond acceptors (Lipinski definition) is 5. The fourth-order valence-electron chi connectivity index (χ4n) is 4.55. The third-order valence-corrected chi connectivity index (χ3v) is 7.55. The zero-order valence-corrected chi connectivity index (χ0v) is 21.4. The molecule has 0 saturated heterocycles. The van der Waals surface area contributed by atoms with Crippen LogP contribution < -0.4 is 5.56 Å². The van der Waals surface area contributed by atoms with Gasteiger partial charge < -0.3 is 10.1 Å². The second-order valence-corrected chi connectivity index (χ2v) is 10.7. The fraction of sp³-hybridized carbons (Fsp3) is 0.185. The number of carboxylic acid groups (broad SMARTS) is 1. The lowest BCUT2D eigenvalue weighted by Crippen LogP contribution is -2.42. The van der Waals surface area contributed by atoms with Crippen molar-refractivity contribution in [3.63, 3.8) is 0 Å². The van der Waals surface area contributed by atoms with Gasteiger partial charge in [-0.05, 0) is 30.7 Å². The van der Waals surface area contributed by atoms with Crippen molar-refractivity contribution in [3.05, 3.63) is 92.0 Å². The molecule has 0 bridgehead atoms. The van der Waals surface area contributed by atoms with Crippen molar-refractivity contribution in [2.24, 2.45) is 5.10 Å². The number of alkyl halides is 2. The lowest BCUT2D eigenvalue weighted by Gasteiger charge is -2.25. The molecule has 1 aliphatic rings. The van der Waals surface area contributed by atoms with Crippen LogP contribution in [0.1, 0.15) is 35.6 Å². The van der Waals surface area contributed by atoms with Crippen molar-refractivity contribution in [1.29, 1.82) is 0 Å². The van der Waals surface area contributed by atoms with Crippen molar-refractivity contribution in [2.45, 2.75) is 31.7 Å². The maximum absolute atomic E-state index is 14.7. The van der Waals surface area contributed by atoms with Gasteiger partial charge in [-0.15, -0.1) is 11.3 Å². The highest BCUT2D eigenvalue weighted by Gasteiger charge is 2.49. The number of hydrazone groups is 1. The van der Waals surface area contributed by atoms with Gasteiger partial charge in [-0.3, -0.25) is 14.4 Å². The van der Waals surface area contributed by atoms with E-state index in [0.717, 1.165) is 5.56 Å². The Balaban J connectivity index is 1.71. The van der Waals surface area contributed by atoms with Crippen LogP contribution in [0.5, 0.6) is 0 Å². The Morgan fingerprint density at radius 1 is 1.13 bits per heavy atom. The van der Waals surface area contributed by atoms with E-state index >= 15 is 0 Å². The maximum atomic E-state index is 14.7. The van der Waals surface area contributed by atoms with Gasteiger partial charge in [0.25, 0.3) is 5.56 Å². The topological polar surface area (TPSA) is 103 Å². The molecule has 1 unspecified atom stereocenters. The standard InChI is InChI=1S/C27H20ClF2N3O4S/c1-14-6-8-15(9-7-14)19-12-18(32-33(19)26(37)27(29,30)13-22(34)35)24-23(20-10-11-21(28)38-20)16-4-2-3-5-17(16)31-25(24)36/h2-11,19H,12-13H2,1H3,(H,31,36)(H,34,35). The molecule has 2 aromatic heterocycles. The molecule has 3 heterocycles. The molecule has 38 heavy (non-hydrogen) atoms. The van der Waals surface area contributed by atoms with E-state index < -0.39 is 35.8 Å². The van der Waals surface area contributed by atoms with E-state index in [1.54, 1.807) is 54.6 Å². The number of aromatic amines is 1. The molecule has 1 atom stereocenters. The summed E-state index contributed by atoms with van der Waals surface area (Å²) in [6.45, 7) is 1.86. The Labute approximate surface area is 224 Å². The maximum Gasteiger partial charge on any atom is 0.337 e. The van der Waals surface area contributed by atoms with Gasteiger partial charge in [0.2, 0.25) is 0 Å². The van der Waals surface area contributed by atoms with E-state index in [2.05, 4.69) is 10.1 Å². The molecule has 1 amide bonds. The largest absolute Gasteiger partial charge is 0.481 e. The van der Waals surface area contributed by atoms with E-state index in [0.29, 0.717) is 36.3 Å². The highest BCUT2D eigenvalue weighted by molar-refractivity contribution is 7.19. The third kappa shape index (κ3) is 4.72. The summed E-state index contributed by atoms with van der Waals surface area (Å²) in [5, 5.41) is 14.5. The second kappa shape index (κ2) is 9.77. The number of amides is 1. The van der Waals surface area contributed by atoms with Gasteiger partial charge in [0, 0.05) is 27.8 Å². The minimum Gasteiger partial charge on any atom is -0.481 e. The Morgan fingerprint density at radius 2 is 1.84 bits per heavy atom. The summed E-state index contributed by atoms with van der Waals surface area (Å²) >= 11 is 7.45. The van der Waals surface area contributed by atoms with E-state index in [4.69, 9.17) is 16.7 Å². The number of aliphatic carboxylic acids is 1. The number of hydrogen-bond donors (Lipinski definition) is 2. The predicted molar refractivity (Wildman–Crippen MR) is 142 cm³/mol. The van der Waals surface area contributed by atoms with Crippen molar-refractivity contribution in [3.8, 4) is 10.4 Å². The van der Waals surface area contributed by atoms with Crippen LogP contribution in [0.25, 0.3) is 21.3 Å². The zero-order chi connectivity index (χ0) is 27.2. The van der Waals surface area contributed by atoms with E-state index in [-0.39, 0.29) is 17.7 Å². The molecule has 0 spiro atoms. The summed E-state index contributed by atoms with van der Waals surface area (Å²) in [7, 11) is 0. The van der Waals surface area contributed by atoms with Crippen LogP contribution in [0.15, 0.2) is 70.6 Å². The number of H-pyrrole nitrogens is 1. The van der Waals surface area contributed by atoms with Crippen molar-refractivity contribution < 1.29 is 23.5 Å². The molecular formula is C27H20ClF2N3O4S. The number of carbonyl (C=O) groups excluding carboxylic acids is 1. The van der Waals surface area contributed by atoms with Gasteiger partial charge in [0.15, 0.2) is 0 Å². The molecule has 4 aromatic rings. The molecule has 0 fully saturated rings. The Bertz CT molecular complexity index is 1660. The second-order valence-electron chi connectivity index (χ2n) is 8.96. The number of carboxylic acids is 1. The normalized spacial score (nSPS) is 15.6. The molecule has 194 valence electrons. The van der Waals surface area contributed by atoms with Gasteiger partial charge in [-0.1, -0.05) is 59.6 Å². The summed E-state index contributed by atoms with van der Waals surface area (Å²) in [6, 6.07) is 16.5. The third-order valence-electron chi connectivity index (χ3n) is 6.30. The number of nitrogens with one attached hydrogen (secondary N) is 1. The number of fused-ring (bicyclic) bond motifs is 1.